The average Bonchev–Trinajstić information content (AvgIpc) is 2.46. The van der Waals surface area contributed by atoms with Gasteiger partial charge in [0.1, 0.15) is 0 Å². The van der Waals surface area contributed by atoms with Gasteiger partial charge in [0.15, 0.2) is 0 Å². The van der Waals surface area contributed by atoms with E-state index in [1.807, 2.05) is 0 Å². The van der Waals surface area contributed by atoms with Gasteiger partial charge < -0.3 is 5.32 Å². The number of hydrogen-bond acceptors (Lipinski definition) is 2. The molecular weight excluding hydrogens is 244 g/mol. The highest BCUT2D eigenvalue weighted by atomic mass is 15.1. The number of likely N-dealkylation sites (tertiary alicyclic amines) is 1. The zero-order valence-corrected chi connectivity index (χ0v) is 13.1. The molecule has 0 bridgehead atoms. The second-order valence-electron chi connectivity index (χ2n) is 6.53. The monoisotopic (exact) mass is 274 g/mol. The highest BCUT2D eigenvalue weighted by Crippen LogP contribution is 2.14. The molecule has 1 N–H and O–H groups in total. The summed E-state index contributed by atoms with van der Waals surface area (Å²) >= 11 is 0. The first-order valence-corrected chi connectivity index (χ1v) is 8.23. The summed E-state index contributed by atoms with van der Waals surface area (Å²) in [5.74, 6) is 0.838. The van der Waals surface area contributed by atoms with Crippen LogP contribution in [-0.2, 0) is 6.54 Å². The van der Waals surface area contributed by atoms with Crippen molar-refractivity contribution in [3.8, 4) is 0 Å². The maximum Gasteiger partial charge on any atom is 0.0233 e. The van der Waals surface area contributed by atoms with Crippen LogP contribution in [0.5, 0.6) is 0 Å². The van der Waals surface area contributed by atoms with Gasteiger partial charge in [-0.05, 0) is 56.8 Å². The van der Waals surface area contributed by atoms with E-state index >= 15 is 0 Å². The van der Waals surface area contributed by atoms with Crippen LogP contribution >= 0.6 is 0 Å². The smallest absolute Gasteiger partial charge is 0.0233 e. The van der Waals surface area contributed by atoms with E-state index in [1.54, 1.807) is 0 Å². The van der Waals surface area contributed by atoms with E-state index in [1.165, 1.54) is 50.9 Å². The zero-order chi connectivity index (χ0) is 14.2. The first kappa shape index (κ1) is 15.5. The summed E-state index contributed by atoms with van der Waals surface area (Å²) in [5, 5.41) is 3.73. The van der Waals surface area contributed by atoms with E-state index < -0.39 is 0 Å². The molecule has 1 aliphatic rings. The maximum atomic E-state index is 3.73. The second-order valence-corrected chi connectivity index (χ2v) is 6.53. The van der Waals surface area contributed by atoms with Gasteiger partial charge >= 0.3 is 0 Å². The summed E-state index contributed by atoms with van der Waals surface area (Å²) in [6.45, 7) is 9.39. The molecule has 1 aliphatic heterocycles. The summed E-state index contributed by atoms with van der Waals surface area (Å²) in [7, 11) is 0. The molecule has 0 aliphatic carbocycles. The Hall–Kier alpha value is -0.860. The maximum absolute atomic E-state index is 3.73. The Morgan fingerprint density at radius 2 is 1.85 bits per heavy atom. The van der Waals surface area contributed by atoms with Crippen molar-refractivity contribution in [1.82, 2.24) is 10.2 Å². The molecule has 1 aromatic rings. The lowest BCUT2D eigenvalue weighted by Gasteiger charge is -2.32. The molecule has 0 aromatic heterocycles. The van der Waals surface area contributed by atoms with Crippen molar-refractivity contribution in [1.29, 1.82) is 0 Å². The predicted molar refractivity (Wildman–Crippen MR) is 86.8 cm³/mol. The van der Waals surface area contributed by atoms with Crippen molar-refractivity contribution >= 4 is 0 Å². The molecule has 20 heavy (non-hydrogen) atoms. The number of piperidine rings is 1. The van der Waals surface area contributed by atoms with Crippen molar-refractivity contribution in [3.63, 3.8) is 0 Å². The van der Waals surface area contributed by atoms with Gasteiger partial charge in [-0.1, -0.05) is 44.2 Å². The van der Waals surface area contributed by atoms with E-state index in [0.717, 1.165) is 18.5 Å². The highest BCUT2D eigenvalue weighted by molar-refractivity contribution is 5.14. The lowest BCUT2D eigenvalue weighted by molar-refractivity contribution is 0.190. The van der Waals surface area contributed by atoms with Gasteiger partial charge in [0, 0.05) is 12.6 Å². The van der Waals surface area contributed by atoms with Crippen molar-refractivity contribution in [2.75, 3.05) is 19.6 Å². The highest BCUT2D eigenvalue weighted by Gasteiger charge is 2.18. The van der Waals surface area contributed by atoms with Crippen LogP contribution in [0.3, 0.4) is 0 Å². The summed E-state index contributed by atoms with van der Waals surface area (Å²) in [5.41, 5.74) is 1.44. The van der Waals surface area contributed by atoms with E-state index in [-0.39, 0.29) is 0 Å². The van der Waals surface area contributed by atoms with Gasteiger partial charge in [0.05, 0.1) is 0 Å². The van der Waals surface area contributed by atoms with Crippen molar-refractivity contribution in [3.05, 3.63) is 35.9 Å². The topological polar surface area (TPSA) is 15.3 Å². The Balaban J connectivity index is 1.60. The van der Waals surface area contributed by atoms with E-state index in [0.29, 0.717) is 0 Å². The minimum Gasteiger partial charge on any atom is -0.314 e. The number of benzene rings is 1. The van der Waals surface area contributed by atoms with Crippen LogP contribution < -0.4 is 5.32 Å². The minimum atomic E-state index is 0.745. The number of nitrogens with one attached hydrogen (secondary N) is 1. The van der Waals surface area contributed by atoms with Gasteiger partial charge in [0.25, 0.3) is 0 Å². The quantitative estimate of drug-likeness (QED) is 0.763. The Kier molecular flexibility index (Phi) is 6.55. The van der Waals surface area contributed by atoms with E-state index in [9.17, 15) is 0 Å². The van der Waals surface area contributed by atoms with Crippen LogP contribution in [0.1, 0.15) is 45.1 Å². The average molecular weight is 274 g/mol. The fourth-order valence-electron chi connectivity index (χ4n) is 2.95. The van der Waals surface area contributed by atoms with Gasteiger partial charge in [-0.2, -0.15) is 0 Å². The Bertz CT molecular complexity index is 353. The lowest BCUT2D eigenvalue weighted by atomic mass is 10.0. The fraction of sp³-hybridized carbons (Fsp3) is 0.667. The molecule has 0 radical (unpaired) electrons. The number of rotatable bonds is 7. The largest absolute Gasteiger partial charge is 0.314 e. The minimum absolute atomic E-state index is 0.745. The van der Waals surface area contributed by atoms with E-state index in [4.69, 9.17) is 0 Å². The van der Waals surface area contributed by atoms with Crippen LogP contribution in [0, 0.1) is 5.92 Å². The molecule has 2 rings (SSSR count). The second kappa shape index (κ2) is 8.43. The molecule has 112 valence electrons. The first-order chi connectivity index (χ1) is 9.74. The molecule has 1 heterocycles. The summed E-state index contributed by atoms with van der Waals surface area (Å²) in [4.78, 5) is 2.58. The van der Waals surface area contributed by atoms with Gasteiger partial charge in [-0.15, -0.1) is 0 Å². The predicted octanol–water partition coefficient (Wildman–Crippen LogP) is 3.68. The number of nitrogens with zero attached hydrogens (tertiary/aromatic N) is 1. The van der Waals surface area contributed by atoms with Crippen molar-refractivity contribution < 1.29 is 0 Å². The normalized spacial score (nSPS) is 17.8. The third kappa shape index (κ3) is 5.64. The van der Waals surface area contributed by atoms with Crippen molar-refractivity contribution in [2.45, 2.75) is 52.1 Å². The Morgan fingerprint density at radius 1 is 1.15 bits per heavy atom. The van der Waals surface area contributed by atoms with Crippen LogP contribution in [0.4, 0.5) is 0 Å². The van der Waals surface area contributed by atoms with E-state index in [2.05, 4.69) is 54.4 Å². The molecule has 0 unspecified atom stereocenters. The van der Waals surface area contributed by atoms with Crippen LogP contribution in [0.25, 0.3) is 0 Å². The molecule has 2 nitrogen and oxygen atoms in total. The molecule has 0 spiro atoms. The van der Waals surface area contributed by atoms with Gasteiger partial charge in [-0.3, -0.25) is 4.90 Å². The molecule has 1 fully saturated rings. The summed E-state index contributed by atoms with van der Waals surface area (Å²) in [6.07, 6.45) is 5.27. The third-order valence-corrected chi connectivity index (χ3v) is 4.23. The molecule has 1 saturated heterocycles. The van der Waals surface area contributed by atoms with Gasteiger partial charge in [0.2, 0.25) is 0 Å². The third-order valence-electron chi connectivity index (χ3n) is 4.23. The molecular formula is C18H30N2. The van der Waals surface area contributed by atoms with Gasteiger partial charge in [-0.25, -0.2) is 0 Å². The van der Waals surface area contributed by atoms with Crippen molar-refractivity contribution in [2.24, 2.45) is 5.92 Å². The molecule has 2 heteroatoms. The van der Waals surface area contributed by atoms with Crippen LogP contribution in [0.15, 0.2) is 30.3 Å². The molecule has 0 amide bonds. The Labute approximate surface area is 124 Å². The fourth-order valence-corrected chi connectivity index (χ4v) is 2.95. The summed E-state index contributed by atoms with van der Waals surface area (Å²) < 4.78 is 0. The zero-order valence-electron chi connectivity index (χ0n) is 13.1. The molecule has 0 saturated carbocycles. The Morgan fingerprint density at radius 3 is 2.50 bits per heavy atom. The van der Waals surface area contributed by atoms with Crippen LogP contribution in [-0.4, -0.2) is 30.6 Å². The summed E-state index contributed by atoms with van der Waals surface area (Å²) in [6, 6.07) is 11.6. The standard InChI is InChI=1S/C18H30N2/c1-16(2)7-6-12-19-18-10-13-20(14-11-18)15-17-8-4-3-5-9-17/h3-5,8-9,16,18-19H,6-7,10-15H2,1-2H3. The lowest BCUT2D eigenvalue weighted by Crippen LogP contribution is -2.42. The number of hydrogen-bond donors (Lipinski definition) is 1. The molecule has 1 aromatic carbocycles. The SMILES string of the molecule is CC(C)CCCNC1CCN(Cc2ccccc2)CC1. The van der Waals surface area contributed by atoms with Crippen LogP contribution in [0.2, 0.25) is 0 Å². The molecule has 0 atom stereocenters. The first-order valence-electron chi connectivity index (χ1n) is 8.23.